The average molecular weight is 459 g/mol. The van der Waals surface area contributed by atoms with Crippen LogP contribution in [0.15, 0.2) is 60.7 Å². The van der Waals surface area contributed by atoms with Gasteiger partial charge in [0.25, 0.3) is 5.91 Å². The van der Waals surface area contributed by atoms with Crippen LogP contribution in [0.5, 0.6) is 5.75 Å². The van der Waals surface area contributed by atoms with Gasteiger partial charge in [0.2, 0.25) is 0 Å². The van der Waals surface area contributed by atoms with E-state index in [0.29, 0.717) is 17.9 Å². The fourth-order valence-corrected chi connectivity index (χ4v) is 3.18. The summed E-state index contributed by atoms with van der Waals surface area (Å²) in [6.07, 6.45) is -5.23. The highest BCUT2D eigenvalue weighted by molar-refractivity contribution is 6.05. The van der Waals surface area contributed by atoms with Gasteiger partial charge in [-0.15, -0.1) is 0 Å². The predicted molar refractivity (Wildman–Crippen MR) is 121 cm³/mol. The Bertz CT molecular complexity index is 1130. The minimum Gasteiger partial charge on any atom is -0.496 e. The van der Waals surface area contributed by atoms with Crippen molar-refractivity contribution in [3.63, 3.8) is 0 Å². The molecule has 1 atom stereocenters. The Morgan fingerprint density at radius 3 is 2.39 bits per heavy atom. The van der Waals surface area contributed by atoms with Gasteiger partial charge in [-0.3, -0.25) is 4.79 Å². The maximum atomic E-state index is 12.9. The number of nitrogens with one attached hydrogen (secondary N) is 2. The van der Waals surface area contributed by atoms with Crippen molar-refractivity contribution in [2.24, 2.45) is 0 Å². The average Bonchev–Trinajstić information content (AvgIpc) is 2.78. The summed E-state index contributed by atoms with van der Waals surface area (Å²) in [4.78, 5) is 12.5. The molecule has 0 aliphatic rings. The Kier molecular flexibility index (Phi) is 7.13. The third-order valence-corrected chi connectivity index (χ3v) is 5.02. The number of hydrogen-bond acceptors (Lipinski definition) is 5. The molecule has 0 aliphatic carbocycles. The largest absolute Gasteiger partial charge is 0.496 e. The molecule has 5 N–H and O–H groups in total. The normalized spacial score (nSPS) is 12.2. The Morgan fingerprint density at radius 1 is 1.09 bits per heavy atom. The first kappa shape index (κ1) is 23.9. The standard InChI is InChI=1S/C24H24F3N3O3/c1-14(31)19-12-18(8-10-22(19)33-2)29-13-15-3-5-16(6-4-15)23(32)30-21-11-17(24(25,26)27)7-9-20(21)28/h3-12,14,29,31H,13,28H2,1-2H3,(H,30,32). The summed E-state index contributed by atoms with van der Waals surface area (Å²) in [5.74, 6) is 0.0181. The van der Waals surface area contributed by atoms with Gasteiger partial charge < -0.3 is 26.2 Å². The van der Waals surface area contributed by atoms with Crippen LogP contribution in [0.4, 0.5) is 30.2 Å². The predicted octanol–water partition coefficient (Wildman–Crippen LogP) is 5.21. The van der Waals surface area contributed by atoms with Gasteiger partial charge in [0, 0.05) is 23.4 Å². The van der Waals surface area contributed by atoms with Gasteiger partial charge in [-0.1, -0.05) is 12.1 Å². The highest BCUT2D eigenvalue weighted by Crippen LogP contribution is 2.33. The van der Waals surface area contributed by atoms with Crippen molar-refractivity contribution < 1.29 is 27.8 Å². The van der Waals surface area contributed by atoms with Gasteiger partial charge >= 0.3 is 6.18 Å². The van der Waals surface area contributed by atoms with E-state index in [1.807, 2.05) is 6.07 Å². The van der Waals surface area contributed by atoms with E-state index in [9.17, 15) is 23.1 Å². The quantitative estimate of drug-likeness (QED) is 0.364. The third kappa shape index (κ3) is 5.95. The molecule has 0 heterocycles. The number of anilines is 3. The number of aliphatic hydroxyl groups excluding tert-OH is 1. The molecule has 1 unspecified atom stereocenters. The minimum atomic E-state index is -4.54. The molecule has 0 aliphatic heterocycles. The van der Waals surface area contributed by atoms with Crippen LogP contribution in [-0.2, 0) is 12.7 Å². The van der Waals surface area contributed by atoms with Gasteiger partial charge in [-0.2, -0.15) is 13.2 Å². The number of halogens is 3. The number of rotatable bonds is 7. The molecular formula is C24H24F3N3O3. The molecule has 0 saturated carbocycles. The summed E-state index contributed by atoms with van der Waals surface area (Å²) in [6.45, 7) is 2.10. The van der Waals surface area contributed by atoms with Crippen molar-refractivity contribution in [2.75, 3.05) is 23.5 Å². The molecule has 1 amide bonds. The van der Waals surface area contributed by atoms with Crippen LogP contribution < -0.4 is 21.1 Å². The first-order valence-corrected chi connectivity index (χ1v) is 10.1. The summed E-state index contributed by atoms with van der Waals surface area (Å²) >= 11 is 0. The second-order valence-electron chi connectivity index (χ2n) is 7.44. The van der Waals surface area contributed by atoms with E-state index in [4.69, 9.17) is 10.5 Å². The summed E-state index contributed by atoms with van der Waals surface area (Å²) < 4.78 is 44.0. The lowest BCUT2D eigenvalue weighted by Gasteiger charge is -2.14. The van der Waals surface area contributed by atoms with E-state index >= 15 is 0 Å². The Hall–Kier alpha value is -3.72. The van der Waals surface area contributed by atoms with Crippen LogP contribution in [0, 0.1) is 0 Å². The Labute approximate surface area is 189 Å². The smallest absolute Gasteiger partial charge is 0.416 e. The zero-order valence-corrected chi connectivity index (χ0v) is 18.0. The topological polar surface area (TPSA) is 96.6 Å². The molecule has 0 radical (unpaired) electrons. The van der Waals surface area contributed by atoms with Crippen molar-refractivity contribution in [1.29, 1.82) is 0 Å². The molecule has 33 heavy (non-hydrogen) atoms. The van der Waals surface area contributed by atoms with Crippen LogP contribution in [0.2, 0.25) is 0 Å². The second-order valence-corrected chi connectivity index (χ2v) is 7.44. The molecule has 3 aromatic carbocycles. The number of hydrogen-bond donors (Lipinski definition) is 4. The molecule has 0 saturated heterocycles. The van der Waals surface area contributed by atoms with Gasteiger partial charge in [0.15, 0.2) is 0 Å². The molecule has 0 bridgehead atoms. The lowest BCUT2D eigenvalue weighted by atomic mass is 10.1. The van der Waals surface area contributed by atoms with Crippen molar-refractivity contribution >= 4 is 23.0 Å². The number of carbonyl (C=O) groups is 1. The maximum Gasteiger partial charge on any atom is 0.416 e. The number of methoxy groups -OCH3 is 1. The third-order valence-electron chi connectivity index (χ3n) is 5.02. The summed E-state index contributed by atoms with van der Waals surface area (Å²) in [7, 11) is 1.54. The number of amides is 1. The number of nitrogen functional groups attached to an aromatic ring is 1. The molecule has 0 aromatic heterocycles. The van der Waals surface area contributed by atoms with Gasteiger partial charge in [-0.05, 0) is 61.0 Å². The zero-order valence-electron chi connectivity index (χ0n) is 18.0. The Morgan fingerprint density at radius 2 is 1.79 bits per heavy atom. The van der Waals surface area contributed by atoms with Gasteiger partial charge in [0.1, 0.15) is 5.75 Å². The van der Waals surface area contributed by atoms with Gasteiger partial charge in [-0.25, -0.2) is 0 Å². The fourth-order valence-electron chi connectivity index (χ4n) is 3.18. The summed E-state index contributed by atoms with van der Waals surface area (Å²) in [6, 6.07) is 14.8. The van der Waals surface area contributed by atoms with Crippen LogP contribution in [0.1, 0.15) is 40.1 Å². The molecular weight excluding hydrogens is 435 g/mol. The monoisotopic (exact) mass is 459 g/mol. The van der Waals surface area contributed by atoms with E-state index < -0.39 is 23.8 Å². The second kappa shape index (κ2) is 9.83. The molecule has 9 heteroatoms. The molecule has 6 nitrogen and oxygen atoms in total. The van der Waals surface area contributed by atoms with E-state index in [-0.39, 0.29) is 16.9 Å². The molecule has 0 spiro atoms. The lowest BCUT2D eigenvalue weighted by molar-refractivity contribution is -0.137. The number of benzene rings is 3. The summed E-state index contributed by atoms with van der Waals surface area (Å²) in [5.41, 5.74) is 7.34. The molecule has 174 valence electrons. The van der Waals surface area contributed by atoms with Crippen LogP contribution in [-0.4, -0.2) is 18.1 Å². The minimum absolute atomic E-state index is 0.0354. The number of nitrogens with two attached hydrogens (primary N) is 1. The van der Waals surface area contributed by atoms with Crippen molar-refractivity contribution in [2.45, 2.75) is 25.7 Å². The summed E-state index contributed by atoms with van der Waals surface area (Å²) in [5, 5.41) is 15.6. The van der Waals surface area contributed by atoms with E-state index in [1.165, 1.54) is 7.11 Å². The molecule has 3 aromatic rings. The fraction of sp³-hybridized carbons (Fsp3) is 0.208. The van der Waals surface area contributed by atoms with E-state index in [2.05, 4.69) is 10.6 Å². The highest BCUT2D eigenvalue weighted by atomic mass is 19.4. The SMILES string of the molecule is COc1ccc(NCc2ccc(C(=O)Nc3cc(C(F)(F)F)ccc3N)cc2)cc1C(C)O. The number of ether oxygens (including phenoxy) is 1. The molecule has 0 fully saturated rings. The first-order chi connectivity index (χ1) is 15.6. The number of aliphatic hydroxyl groups is 1. The van der Waals surface area contributed by atoms with Crippen molar-refractivity contribution in [1.82, 2.24) is 0 Å². The van der Waals surface area contributed by atoms with Crippen LogP contribution in [0.25, 0.3) is 0 Å². The van der Waals surface area contributed by atoms with Crippen LogP contribution >= 0.6 is 0 Å². The number of carbonyl (C=O) groups excluding carboxylic acids is 1. The van der Waals surface area contributed by atoms with Crippen molar-refractivity contribution in [3.8, 4) is 5.75 Å². The number of alkyl halides is 3. The maximum absolute atomic E-state index is 12.9. The Balaban J connectivity index is 1.66. The lowest BCUT2D eigenvalue weighted by Crippen LogP contribution is -2.15. The zero-order chi connectivity index (χ0) is 24.2. The van der Waals surface area contributed by atoms with Crippen molar-refractivity contribution in [3.05, 3.63) is 82.9 Å². The van der Waals surface area contributed by atoms with Crippen LogP contribution in [0.3, 0.4) is 0 Å². The first-order valence-electron chi connectivity index (χ1n) is 10.1. The highest BCUT2D eigenvalue weighted by Gasteiger charge is 2.31. The van der Waals surface area contributed by atoms with Gasteiger partial charge in [0.05, 0.1) is 30.2 Å². The van der Waals surface area contributed by atoms with E-state index in [1.54, 1.807) is 43.3 Å². The van der Waals surface area contributed by atoms with E-state index in [0.717, 1.165) is 29.4 Å². The molecule has 3 rings (SSSR count).